The van der Waals surface area contributed by atoms with Crippen LogP contribution in [0.4, 0.5) is 0 Å². The van der Waals surface area contributed by atoms with E-state index >= 15 is 0 Å². The van der Waals surface area contributed by atoms with E-state index in [0.717, 1.165) is 33.8 Å². The molecule has 0 atom stereocenters. The number of sulfonamides is 1. The van der Waals surface area contributed by atoms with Crippen molar-refractivity contribution in [3.8, 4) is 0 Å². The quantitative estimate of drug-likeness (QED) is 0.417. The van der Waals surface area contributed by atoms with Crippen molar-refractivity contribution >= 4 is 48.3 Å². The highest BCUT2D eigenvalue weighted by Crippen LogP contribution is 2.26. The summed E-state index contributed by atoms with van der Waals surface area (Å²) in [6.07, 6.45) is 1.71. The summed E-state index contributed by atoms with van der Waals surface area (Å²) < 4.78 is 29.7. The molecule has 1 heterocycles. The van der Waals surface area contributed by atoms with E-state index in [1.165, 1.54) is 39.9 Å². The number of hydrogen-bond acceptors (Lipinski definition) is 4. The topological polar surface area (TPSA) is 71.7 Å². The van der Waals surface area contributed by atoms with Gasteiger partial charge in [-0.05, 0) is 42.1 Å². The molecule has 0 bridgehead atoms. The van der Waals surface area contributed by atoms with Gasteiger partial charge in [0.1, 0.15) is 0 Å². The summed E-state index contributed by atoms with van der Waals surface area (Å²) in [5.74, 6) is -0.403. The fourth-order valence-corrected chi connectivity index (χ4v) is 5.87. The third kappa shape index (κ3) is 4.13. The number of fused-ring (bicyclic) bond motifs is 3. The van der Waals surface area contributed by atoms with Crippen molar-refractivity contribution in [2.24, 2.45) is 12.0 Å². The van der Waals surface area contributed by atoms with Crippen LogP contribution in [0.3, 0.4) is 0 Å². The zero-order chi connectivity index (χ0) is 22.9. The van der Waals surface area contributed by atoms with Gasteiger partial charge in [-0.3, -0.25) is 4.79 Å². The molecule has 0 aliphatic heterocycles. The fourth-order valence-electron chi connectivity index (χ4n) is 3.63. The van der Waals surface area contributed by atoms with Crippen molar-refractivity contribution in [2.45, 2.75) is 24.7 Å². The molecule has 0 unspecified atom stereocenters. The number of hydrogen-bond donors (Lipinski definition) is 0. The number of aromatic nitrogens is 1. The molecule has 0 saturated heterocycles. The molecule has 0 aliphatic rings. The Kier molecular flexibility index (Phi) is 6.28. The second-order valence-electron chi connectivity index (χ2n) is 7.70. The molecule has 0 radical (unpaired) electrons. The number of carbonyl (C=O) groups excluding carboxylic acids is 1. The first-order valence-electron chi connectivity index (χ1n) is 10.5. The van der Waals surface area contributed by atoms with Crippen LogP contribution in [0.5, 0.6) is 0 Å². The lowest BCUT2D eigenvalue weighted by molar-refractivity contribution is 0.0998. The number of amides is 1. The van der Waals surface area contributed by atoms with Crippen molar-refractivity contribution in [1.82, 2.24) is 8.87 Å². The summed E-state index contributed by atoms with van der Waals surface area (Å²) in [7, 11) is -0.0921. The minimum absolute atomic E-state index is 0.173. The maximum absolute atomic E-state index is 12.8. The predicted octanol–water partition coefficient (Wildman–Crippen LogP) is 4.55. The van der Waals surface area contributed by atoms with Crippen LogP contribution in [-0.2, 0) is 17.1 Å². The lowest BCUT2D eigenvalue weighted by Gasteiger charge is -2.16. The average Bonchev–Trinajstić information content (AvgIpc) is 3.12. The summed E-state index contributed by atoms with van der Waals surface area (Å²) in [6, 6.07) is 18.2. The van der Waals surface area contributed by atoms with Gasteiger partial charge in [0.25, 0.3) is 5.91 Å². The average molecular weight is 468 g/mol. The van der Waals surface area contributed by atoms with Gasteiger partial charge in [0, 0.05) is 31.6 Å². The normalized spacial score (nSPS) is 12.8. The SMILES string of the molecule is CCCCN(C)S(=O)(=O)c1ccc(C(=O)N=c2sc3ccc4ccccc4c3n2C)cc1. The van der Waals surface area contributed by atoms with Crippen LogP contribution in [0, 0.1) is 0 Å². The maximum atomic E-state index is 12.8. The number of unbranched alkanes of at least 4 members (excludes halogenated alkanes) is 1. The van der Waals surface area contributed by atoms with Crippen molar-refractivity contribution < 1.29 is 13.2 Å². The first-order chi connectivity index (χ1) is 15.3. The molecular weight excluding hydrogens is 442 g/mol. The first kappa shape index (κ1) is 22.4. The van der Waals surface area contributed by atoms with Crippen LogP contribution >= 0.6 is 11.3 Å². The van der Waals surface area contributed by atoms with Gasteiger partial charge in [0.2, 0.25) is 10.0 Å². The lowest BCUT2D eigenvalue weighted by atomic mass is 10.1. The van der Waals surface area contributed by atoms with Crippen LogP contribution in [0.1, 0.15) is 30.1 Å². The standard InChI is InChI=1S/C24H25N3O3S2/c1-4-5-16-26(2)32(29,30)19-13-10-18(11-14-19)23(28)25-24-27(3)22-20-9-7-6-8-17(20)12-15-21(22)31-24/h6-15H,4-5,16H2,1-3H3. The Balaban J connectivity index is 1.66. The molecule has 0 aliphatic carbocycles. The van der Waals surface area contributed by atoms with E-state index in [1.54, 1.807) is 7.05 Å². The number of thiazole rings is 1. The molecule has 1 amide bonds. The largest absolute Gasteiger partial charge is 0.319 e. The van der Waals surface area contributed by atoms with Crippen molar-refractivity contribution in [1.29, 1.82) is 0 Å². The second-order valence-corrected chi connectivity index (χ2v) is 10.8. The molecule has 1 aromatic heterocycles. The highest BCUT2D eigenvalue weighted by atomic mass is 32.2. The van der Waals surface area contributed by atoms with Gasteiger partial charge in [-0.1, -0.05) is 55.0 Å². The van der Waals surface area contributed by atoms with Crippen molar-refractivity contribution in [3.63, 3.8) is 0 Å². The van der Waals surface area contributed by atoms with Gasteiger partial charge in [-0.15, -0.1) is 0 Å². The fraction of sp³-hybridized carbons (Fsp3) is 0.250. The molecule has 166 valence electrons. The van der Waals surface area contributed by atoms with Crippen LogP contribution < -0.4 is 4.80 Å². The highest BCUT2D eigenvalue weighted by molar-refractivity contribution is 7.89. The smallest absolute Gasteiger partial charge is 0.279 e. The van der Waals surface area contributed by atoms with Crippen molar-refractivity contribution in [3.05, 3.63) is 71.0 Å². The summed E-state index contributed by atoms with van der Waals surface area (Å²) >= 11 is 1.45. The Bertz CT molecular complexity index is 1470. The Morgan fingerprint density at radius 2 is 1.78 bits per heavy atom. The predicted molar refractivity (Wildman–Crippen MR) is 129 cm³/mol. The Labute approximate surface area is 191 Å². The first-order valence-corrected chi connectivity index (χ1v) is 12.7. The Morgan fingerprint density at radius 1 is 1.06 bits per heavy atom. The maximum Gasteiger partial charge on any atom is 0.279 e. The summed E-state index contributed by atoms with van der Waals surface area (Å²) in [6.45, 7) is 2.48. The zero-order valence-electron chi connectivity index (χ0n) is 18.3. The number of nitrogens with zero attached hydrogens (tertiary/aromatic N) is 3. The molecule has 8 heteroatoms. The number of benzene rings is 3. The molecule has 0 fully saturated rings. The third-order valence-corrected chi connectivity index (χ3v) is 8.49. The van der Waals surface area contributed by atoms with Crippen LogP contribution in [0.2, 0.25) is 0 Å². The monoisotopic (exact) mass is 467 g/mol. The van der Waals surface area contributed by atoms with Gasteiger partial charge in [0.05, 0.1) is 15.1 Å². The number of carbonyl (C=O) groups is 1. The van der Waals surface area contributed by atoms with Gasteiger partial charge in [0.15, 0.2) is 4.80 Å². The van der Waals surface area contributed by atoms with E-state index in [9.17, 15) is 13.2 Å². The number of rotatable bonds is 6. The molecule has 4 rings (SSSR count). The van der Waals surface area contributed by atoms with Gasteiger partial charge < -0.3 is 4.57 Å². The van der Waals surface area contributed by atoms with Crippen LogP contribution in [0.25, 0.3) is 21.0 Å². The molecule has 0 N–H and O–H groups in total. The molecule has 0 spiro atoms. The molecular formula is C24H25N3O3S2. The van der Waals surface area contributed by atoms with Gasteiger partial charge >= 0.3 is 0 Å². The second kappa shape index (κ2) is 8.97. The minimum atomic E-state index is -3.57. The number of aryl methyl sites for hydroxylation is 1. The summed E-state index contributed by atoms with van der Waals surface area (Å²) in [5.41, 5.74) is 1.39. The van der Waals surface area contributed by atoms with E-state index in [-0.39, 0.29) is 4.90 Å². The Hall–Kier alpha value is -2.81. The van der Waals surface area contributed by atoms with Crippen LogP contribution in [0.15, 0.2) is 70.6 Å². The molecule has 3 aromatic carbocycles. The minimum Gasteiger partial charge on any atom is -0.319 e. The highest BCUT2D eigenvalue weighted by Gasteiger charge is 2.20. The Morgan fingerprint density at radius 3 is 2.50 bits per heavy atom. The molecule has 4 aromatic rings. The van der Waals surface area contributed by atoms with E-state index in [0.29, 0.717) is 16.9 Å². The van der Waals surface area contributed by atoms with Crippen molar-refractivity contribution in [2.75, 3.05) is 13.6 Å². The summed E-state index contributed by atoms with van der Waals surface area (Å²) in [4.78, 5) is 17.9. The van der Waals surface area contributed by atoms with Gasteiger partial charge in [-0.2, -0.15) is 4.99 Å². The lowest BCUT2D eigenvalue weighted by Crippen LogP contribution is -2.27. The molecule has 0 saturated carbocycles. The van der Waals surface area contributed by atoms with E-state index in [2.05, 4.69) is 23.2 Å². The van der Waals surface area contributed by atoms with E-state index < -0.39 is 15.9 Å². The summed E-state index contributed by atoms with van der Waals surface area (Å²) in [5, 5.41) is 2.24. The van der Waals surface area contributed by atoms with E-state index in [1.807, 2.05) is 36.7 Å². The molecule has 32 heavy (non-hydrogen) atoms. The third-order valence-electron chi connectivity index (χ3n) is 5.52. The van der Waals surface area contributed by atoms with Gasteiger partial charge in [-0.25, -0.2) is 12.7 Å². The zero-order valence-corrected chi connectivity index (χ0v) is 19.9. The van der Waals surface area contributed by atoms with E-state index in [4.69, 9.17) is 0 Å². The molecule has 6 nitrogen and oxygen atoms in total. The van der Waals surface area contributed by atoms with Crippen LogP contribution in [-0.4, -0.2) is 36.8 Å².